The van der Waals surface area contributed by atoms with Gasteiger partial charge in [0.25, 0.3) is 0 Å². The van der Waals surface area contributed by atoms with Crippen molar-refractivity contribution in [3.8, 4) is 12.0 Å². The van der Waals surface area contributed by atoms with Crippen LogP contribution in [-0.4, -0.2) is 47.4 Å². The maximum atomic E-state index is 8.99. The summed E-state index contributed by atoms with van der Waals surface area (Å²) >= 11 is 0. The molecule has 0 aromatic carbocycles. The van der Waals surface area contributed by atoms with Crippen molar-refractivity contribution in [2.75, 3.05) is 32.7 Å². The predicted octanol–water partition coefficient (Wildman–Crippen LogP) is 0.463. The Hall–Kier alpha value is -1.63. The van der Waals surface area contributed by atoms with E-state index in [1.807, 2.05) is 0 Å². The molecule has 0 saturated heterocycles. The SMILES string of the molecule is COc1nc(NCC2(CCO)CC2)nc(OC)n1. The van der Waals surface area contributed by atoms with Crippen molar-refractivity contribution in [3.63, 3.8) is 0 Å². The molecule has 2 rings (SSSR count). The van der Waals surface area contributed by atoms with E-state index < -0.39 is 0 Å². The molecular weight excluding hydrogens is 236 g/mol. The predicted molar refractivity (Wildman–Crippen MR) is 64.8 cm³/mol. The molecule has 0 amide bonds. The molecule has 100 valence electrons. The zero-order chi connectivity index (χ0) is 13.0. The fourth-order valence-corrected chi connectivity index (χ4v) is 1.80. The van der Waals surface area contributed by atoms with E-state index in [-0.39, 0.29) is 24.0 Å². The zero-order valence-electron chi connectivity index (χ0n) is 10.6. The molecule has 1 saturated carbocycles. The van der Waals surface area contributed by atoms with E-state index >= 15 is 0 Å². The van der Waals surface area contributed by atoms with E-state index in [0.29, 0.717) is 5.95 Å². The summed E-state index contributed by atoms with van der Waals surface area (Å²) in [5, 5.41) is 12.1. The van der Waals surface area contributed by atoms with Gasteiger partial charge in [-0.05, 0) is 24.7 Å². The lowest BCUT2D eigenvalue weighted by Gasteiger charge is -2.14. The van der Waals surface area contributed by atoms with Crippen molar-refractivity contribution >= 4 is 5.95 Å². The van der Waals surface area contributed by atoms with Gasteiger partial charge in [0, 0.05) is 13.2 Å². The molecule has 2 N–H and O–H groups in total. The van der Waals surface area contributed by atoms with Gasteiger partial charge in [-0.1, -0.05) is 0 Å². The van der Waals surface area contributed by atoms with Crippen LogP contribution in [0.1, 0.15) is 19.3 Å². The monoisotopic (exact) mass is 254 g/mol. The summed E-state index contributed by atoms with van der Waals surface area (Å²) < 4.78 is 9.94. The number of aliphatic hydroxyl groups is 1. The van der Waals surface area contributed by atoms with Gasteiger partial charge in [-0.2, -0.15) is 9.97 Å². The molecule has 1 heterocycles. The number of hydrogen-bond donors (Lipinski definition) is 2. The molecule has 0 aliphatic heterocycles. The minimum absolute atomic E-state index is 0.196. The van der Waals surface area contributed by atoms with Gasteiger partial charge in [0.05, 0.1) is 14.2 Å². The van der Waals surface area contributed by atoms with Gasteiger partial charge in [0.15, 0.2) is 0 Å². The van der Waals surface area contributed by atoms with Crippen LogP contribution >= 0.6 is 0 Å². The highest BCUT2D eigenvalue weighted by atomic mass is 16.5. The van der Waals surface area contributed by atoms with E-state index in [1.165, 1.54) is 14.2 Å². The molecule has 0 radical (unpaired) electrons. The van der Waals surface area contributed by atoms with Crippen LogP contribution in [0.4, 0.5) is 5.95 Å². The molecule has 1 fully saturated rings. The highest BCUT2D eigenvalue weighted by molar-refractivity contribution is 5.28. The fraction of sp³-hybridized carbons (Fsp3) is 0.727. The molecule has 7 nitrogen and oxygen atoms in total. The standard InChI is InChI=1S/C11H18N4O3/c1-17-9-13-8(14-10(15-9)18-2)12-7-11(3-4-11)5-6-16/h16H,3-7H2,1-2H3,(H,12,13,14,15). The topological polar surface area (TPSA) is 89.4 Å². The Kier molecular flexibility index (Phi) is 3.81. The second-order valence-electron chi connectivity index (χ2n) is 4.46. The number of aromatic nitrogens is 3. The van der Waals surface area contributed by atoms with Crippen molar-refractivity contribution in [1.82, 2.24) is 15.0 Å². The van der Waals surface area contributed by atoms with Crippen LogP contribution in [0.25, 0.3) is 0 Å². The van der Waals surface area contributed by atoms with Crippen LogP contribution in [0.3, 0.4) is 0 Å². The summed E-state index contributed by atoms with van der Waals surface area (Å²) in [5.74, 6) is 0.433. The Labute approximate surface area is 106 Å². The van der Waals surface area contributed by atoms with Crippen molar-refractivity contribution in [2.24, 2.45) is 5.41 Å². The molecular formula is C11H18N4O3. The van der Waals surface area contributed by atoms with Crippen LogP contribution in [-0.2, 0) is 0 Å². The molecule has 1 aromatic heterocycles. The first-order chi connectivity index (χ1) is 8.71. The molecule has 1 aliphatic carbocycles. The molecule has 0 spiro atoms. The maximum Gasteiger partial charge on any atom is 0.324 e. The number of rotatable bonds is 7. The Morgan fingerprint density at radius 3 is 2.22 bits per heavy atom. The lowest BCUT2D eigenvalue weighted by atomic mass is 10.0. The lowest BCUT2D eigenvalue weighted by molar-refractivity contribution is 0.253. The van der Waals surface area contributed by atoms with Crippen LogP contribution < -0.4 is 14.8 Å². The van der Waals surface area contributed by atoms with E-state index in [4.69, 9.17) is 14.6 Å². The number of nitrogens with zero attached hydrogens (tertiary/aromatic N) is 3. The summed E-state index contributed by atoms with van der Waals surface area (Å²) in [5.41, 5.74) is 0.196. The van der Waals surface area contributed by atoms with Crippen molar-refractivity contribution in [2.45, 2.75) is 19.3 Å². The average Bonchev–Trinajstić information content (AvgIpc) is 3.16. The lowest BCUT2D eigenvalue weighted by Crippen LogP contribution is -2.18. The Bertz CT molecular complexity index is 387. The Balaban J connectivity index is 2.00. The maximum absolute atomic E-state index is 8.99. The number of ether oxygens (including phenoxy) is 2. The quantitative estimate of drug-likeness (QED) is 0.730. The average molecular weight is 254 g/mol. The van der Waals surface area contributed by atoms with E-state index in [9.17, 15) is 0 Å². The van der Waals surface area contributed by atoms with E-state index in [1.54, 1.807) is 0 Å². The molecule has 0 unspecified atom stereocenters. The number of hydrogen-bond acceptors (Lipinski definition) is 7. The van der Waals surface area contributed by atoms with Gasteiger partial charge >= 0.3 is 12.0 Å². The van der Waals surface area contributed by atoms with Crippen LogP contribution in [0.5, 0.6) is 12.0 Å². The van der Waals surface area contributed by atoms with E-state index in [2.05, 4.69) is 20.3 Å². The number of methoxy groups -OCH3 is 2. The van der Waals surface area contributed by atoms with Gasteiger partial charge in [-0.3, -0.25) is 0 Å². The van der Waals surface area contributed by atoms with Gasteiger partial charge < -0.3 is 19.9 Å². The van der Waals surface area contributed by atoms with Gasteiger partial charge in [-0.15, -0.1) is 4.98 Å². The first kappa shape index (κ1) is 12.8. The van der Waals surface area contributed by atoms with Crippen molar-refractivity contribution in [1.29, 1.82) is 0 Å². The third-order valence-corrected chi connectivity index (χ3v) is 3.18. The molecule has 1 aromatic rings. The largest absolute Gasteiger partial charge is 0.467 e. The van der Waals surface area contributed by atoms with Gasteiger partial charge in [0.2, 0.25) is 5.95 Å². The smallest absolute Gasteiger partial charge is 0.324 e. The minimum Gasteiger partial charge on any atom is -0.467 e. The summed E-state index contributed by atoms with van der Waals surface area (Å²) in [6, 6.07) is 0.438. The summed E-state index contributed by atoms with van der Waals surface area (Å²) in [6.07, 6.45) is 3.05. The van der Waals surface area contributed by atoms with Crippen molar-refractivity contribution < 1.29 is 14.6 Å². The molecule has 0 bridgehead atoms. The zero-order valence-corrected chi connectivity index (χ0v) is 10.6. The van der Waals surface area contributed by atoms with Crippen LogP contribution in [0.2, 0.25) is 0 Å². The number of nitrogens with one attached hydrogen (secondary N) is 1. The third kappa shape index (κ3) is 2.98. The summed E-state index contributed by atoms with van der Waals surface area (Å²) in [4.78, 5) is 12.1. The second kappa shape index (κ2) is 5.34. The number of aliphatic hydroxyl groups excluding tert-OH is 1. The van der Waals surface area contributed by atoms with Gasteiger partial charge in [0.1, 0.15) is 0 Å². The molecule has 0 atom stereocenters. The fourth-order valence-electron chi connectivity index (χ4n) is 1.80. The molecule has 18 heavy (non-hydrogen) atoms. The van der Waals surface area contributed by atoms with Crippen LogP contribution in [0, 0.1) is 5.41 Å². The first-order valence-electron chi connectivity index (χ1n) is 5.90. The van der Waals surface area contributed by atoms with Crippen LogP contribution in [0.15, 0.2) is 0 Å². The molecule has 7 heteroatoms. The minimum atomic E-state index is 0.196. The highest BCUT2D eigenvalue weighted by Crippen LogP contribution is 2.48. The second-order valence-corrected chi connectivity index (χ2v) is 4.46. The van der Waals surface area contributed by atoms with Crippen molar-refractivity contribution in [3.05, 3.63) is 0 Å². The third-order valence-electron chi connectivity index (χ3n) is 3.18. The Morgan fingerprint density at radius 1 is 1.17 bits per heavy atom. The summed E-state index contributed by atoms with van der Waals surface area (Å²) in [6.45, 7) is 0.954. The molecule has 1 aliphatic rings. The number of anilines is 1. The van der Waals surface area contributed by atoms with E-state index in [0.717, 1.165) is 25.8 Å². The van der Waals surface area contributed by atoms with Gasteiger partial charge in [-0.25, -0.2) is 0 Å². The highest BCUT2D eigenvalue weighted by Gasteiger charge is 2.41. The first-order valence-corrected chi connectivity index (χ1v) is 5.90. The Morgan fingerprint density at radius 2 is 1.78 bits per heavy atom. The summed E-state index contributed by atoms with van der Waals surface area (Å²) in [7, 11) is 2.99. The normalized spacial score (nSPS) is 16.2.